The molecule has 11 heteroatoms. The largest absolute Gasteiger partial charge is 0.416 e. The molecule has 3 aliphatic heterocycles. The van der Waals surface area contributed by atoms with E-state index in [1.807, 2.05) is 6.07 Å². The molecule has 2 fully saturated rings. The van der Waals surface area contributed by atoms with E-state index < -0.39 is 29.0 Å². The fourth-order valence-corrected chi connectivity index (χ4v) is 5.75. The highest BCUT2D eigenvalue weighted by Crippen LogP contribution is 2.37. The van der Waals surface area contributed by atoms with E-state index in [1.54, 1.807) is 24.3 Å². The van der Waals surface area contributed by atoms with Gasteiger partial charge in [-0.3, -0.25) is 14.6 Å². The Hall–Kier alpha value is -3.41. The number of halogens is 4. The minimum atomic E-state index is -4.68. The number of anilines is 2. The Morgan fingerprint density at radius 1 is 1.07 bits per heavy atom. The number of ether oxygens (including phenoxy) is 1. The summed E-state index contributed by atoms with van der Waals surface area (Å²) in [6.45, 7) is 9.02. The molecule has 0 unspecified atom stereocenters. The zero-order chi connectivity index (χ0) is 30.0. The topological polar surface area (TPSA) is 60.1 Å². The lowest BCUT2D eigenvalue weighted by atomic mass is 9.99. The molecule has 5 rings (SSSR count). The second-order valence-electron chi connectivity index (χ2n) is 11.2. The lowest BCUT2D eigenvalue weighted by Gasteiger charge is -2.44. The van der Waals surface area contributed by atoms with Crippen LogP contribution in [-0.2, 0) is 16.1 Å². The molecule has 0 radical (unpaired) electrons. The first-order valence-electron chi connectivity index (χ1n) is 14.2. The SMILES string of the molecule is C[C@@H]1CN(c2ccc(-c3cc(CN4CCOCC4)ccc3F)cc2NC(=O)C2=CNCC=C2C(F)(F)F)C[C@H](C)N1C. The van der Waals surface area contributed by atoms with Gasteiger partial charge in [0.25, 0.3) is 5.91 Å². The molecule has 1 amide bonds. The molecule has 2 N–H and O–H groups in total. The lowest BCUT2D eigenvalue weighted by molar-refractivity contribution is -0.115. The number of benzene rings is 2. The Balaban J connectivity index is 1.50. The standard InChI is InChI=1S/C31H37F4N5O2/c1-20-17-40(18-21(2)38(20)3)29-7-5-23(24-14-22(4-6-27(24)32)19-39-10-12-42-13-11-39)15-28(29)37-30(41)25-16-36-9-8-26(25)31(33,34)35/h4-8,14-16,20-21,36H,9-13,17-19H2,1-3H3,(H,37,41)/t20-,21+. The van der Waals surface area contributed by atoms with Crippen molar-refractivity contribution in [1.29, 1.82) is 0 Å². The van der Waals surface area contributed by atoms with Gasteiger partial charge in [0.15, 0.2) is 0 Å². The molecule has 2 aromatic rings. The number of hydrogen-bond donors (Lipinski definition) is 2. The maximum absolute atomic E-state index is 15.2. The van der Waals surface area contributed by atoms with Gasteiger partial charge in [0.2, 0.25) is 0 Å². The van der Waals surface area contributed by atoms with Crippen molar-refractivity contribution in [2.24, 2.45) is 0 Å². The third-order valence-corrected chi connectivity index (χ3v) is 8.31. The fourth-order valence-electron chi connectivity index (χ4n) is 5.75. The van der Waals surface area contributed by atoms with Gasteiger partial charge >= 0.3 is 6.18 Å². The van der Waals surface area contributed by atoms with Gasteiger partial charge in [-0.2, -0.15) is 13.2 Å². The highest BCUT2D eigenvalue weighted by Gasteiger charge is 2.39. The second kappa shape index (κ2) is 12.4. The highest BCUT2D eigenvalue weighted by atomic mass is 19.4. The maximum Gasteiger partial charge on any atom is 0.416 e. The number of nitrogens with one attached hydrogen (secondary N) is 2. The Kier molecular flexibility index (Phi) is 8.91. The van der Waals surface area contributed by atoms with Gasteiger partial charge in [0, 0.05) is 63.1 Å². The van der Waals surface area contributed by atoms with Crippen LogP contribution in [0.5, 0.6) is 0 Å². The zero-order valence-corrected chi connectivity index (χ0v) is 24.1. The number of alkyl halides is 3. The van der Waals surface area contributed by atoms with Gasteiger partial charge in [0.1, 0.15) is 5.82 Å². The molecule has 3 aliphatic rings. The average molecular weight is 588 g/mol. The molecular weight excluding hydrogens is 550 g/mol. The predicted octanol–water partition coefficient (Wildman–Crippen LogP) is 4.77. The molecular formula is C31H37F4N5O2. The van der Waals surface area contributed by atoms with Gasteiger partial charge < -0.3 is 20.3 Å². The summed E-state index contributed by atoms with van der Waals surface area (Å²) in [5.74, 6) is -1.31. The predicted molar refractivity (Wildman–Crippen MR) is 156 cm³/mol. The number of amides is 1. The maximum atomic E-state index is 15.2. The molecule has 0 aliphatic carbocycles. The average Bonchev–Trinajstić information content (AvgIpc) is 2.96. The molecule has 2 aromatic carbocycles. The number of rotatable bonds is 6. The van der Waals surface area contributed by atoms with Crippen LogP contribution in [-0.4, -0.2) is 87.0 Å². The van der Waals surface area contributed by atoms with Crippen LogP contribution in [0.15, 0.2) is 59.8 Å². The third kappa shape index (κ3) is 6.63. The Bertz CT molecular complexity index is 1360. The van der Waals surface area contributed by atoms with Crippen molar-refractivity contribution in [3.8, 4) is 11.1 Å². The van der Waals surface area contributed by atoms with E-state index in [4.69, 9.17) is 4.74 Å². The molecule has 226 valence electrons. The molecule has 0 spiro atoms. The number of morpholine rings is 1. The third-order valence-electron chi connectivity index (χ3n) is 8.31. The van der Waals surface area contributed by atoms with Crippen LogP contribution < -0.4 is 15.5 Å². The molecule has 7 nitrogen and oxygen atoms in total. The normalized spacial score (nSPS) is 22.3. The van der Waals surface area contributed by atoms with Gasteiger partial charge in [-0.05, 0) is 56.3 Å². The van der Waals surface area contributed by atoms with Crippen molar-refractivity contribution in [2.75, 3.05) is 63.2 Å². The summed E-state index contributed by atoms with van der Waals surface area (Å²) in [7, 11) is 2.05. The van der Waals surface area contributed by atoms with Gasteiger partial charge in [-0.15, -0.1) is 0 Å². The summed E-state index contributed by atoms with van der Waals surface area (Å²) in [6, 6.07) is 10.7. The van der Waals surface area contributed by atoms with E-state index >= 15 is 4.39 Å². The molecule has 3 heterocycles. The van der Waals surface area contributed by atoms with Crippen LogP contribution in [0.25, 0.3) is 11.1 Å². The van der Waals surface area contributed by atoms with E-state index in [2.05, 4.69) is 46.2 Å². The van der Waals surface area contributed by atoms with Crippen LogP contribution in [0.1, 0.15) is 19.4 Å². The van der Waals surface area contributed by atoms with Crippen LogP contribution in [0, 0.1) is 5.82 Å². The molecule has 0 aromatic heterocycles. The number of hydrogen-bond acceptors (Lipinski definition) is 6. The summed E-state index contributed by atoms with van der Waals surface area (Å²) in [4.78, 5) is 20.0. The van der Waals surface area contributed by atoms with Gasteiger partial charge in [-0.25, -0.2) is 4.39 Å². The fraction of sp³-hybridized carbons (Fsp3) is 0.452. The van der Waals surface area contributed by atoms with Crippen LogP contribution >= 0.6 is 0 Å². The summed E-state index contributed by atoms with van der Waals surface area (Å²) in [5, 5.41) is 5.45. The van der Waals surface area contributed by atoms with Gasteiger partial charge in [0.05, 0.1) is 35.7 Å². The lowest BCUT2D eigenvalue weighted by Crippen LogP contribution is -2.55. The number of piperazine rings is 1. The Morgan fingerprint density at radius 3 is 2.48 bits per heavy atom. The van der Waals surface area contributed by atoms with E-state index in [9.17, 15) is 18.0 Å². The number of carbonyl (C=O) groups excluding carboxylic acids is 1. The summed E-state index contributed by atoms with van der Waals surface area (Å²) in [6.07, 6.45) is -2.62. The molecule has 42 heavy (non-hydrogen) atoms. The van der Waals surface area contributed by atoms with Crippen molar-refractivity contribution < 1.29 is 27.1 Å². The summed E-state index contributed by atoms with van der Waals surface area (Å²) in [5.41, 5.74) is 1.33. The number of carbonyl (C=O) groups is 1. The van der Waals surface area contributed by atoms with Crippen molar-refractivity contribution in [1.82, 2.24) is 15.1 Å². The first kappa shape index (κ1) is 30.1. The molecule has 0 bridgehead atoms. The molecule has 2 saturated heterocycles. The first-order chi connectivity index (χ1) is 20.0. The van der Waals surface area contributed by atoms with Crippen LogP contribution in [0.4, 0.5) is 28.9 Å². The van der Waals surface area contributed by atoms with Crippen molar-refractivity contribution in [3.05, 3.63) is 71.2 Å². The van der Waals surface area contributed by atoms with Gasteiger partial charge in [-0.1, -0.05) is 18.2 Å². The molecule has 2 atom stereocenters. The first-order valence-corrected chi connectivity index (χ1v) is 14.2. The highest BCUT2D eigenvalue weighted by molar-refractivity contribution is 6.09. The minimum Gasteiger partial charge on any atom is -0.387 e. The van der Waals surface area contributed by atoms with Crippen molar-refractivity contribution in [3.63, 3.8) is 0 Å². The Labute approximate surface area is 243 Å². The summed E-state index contributed by atoms with van der Waals surface area (Å²) < 4.78 is 61.9. The van der Waals surface area contributed by atoms with E-state index in [0.717, 1.165) is 30.9 Å². The number of likely N-dealkylation sites (N-methyl/N-ethyl adjacent to an activating group) is 1. The Morgan fingerprint density at radius 2 is 1.79 bits per heavy atom. The van der Waals surface area contributed by atoms with E-state index in [-0.39, 0.29) is 18.6 Å². The minimum absolute atomic E-state index is 0.0243. The number of nitrogens with zero attached hydrogens (tertiary/aromatic N) is 3. The monoisotopic (exact) mass is 587 g/mol. The zero-order valence-electron chi connectivity index (χ0n) is 24.1. The van der Waals surface area contributed by atoms with Crippen molar-refractivity contribution >= 4 is 17.3 Å². The van der Waals surface area contributed by atoms with E-state index in [1.165, 1.54) is 6.07 Å². The van der Waals surface area contributed by atoms with Crippen molar-refractivity contribution in [2.45, 2.75) is 38.7 Å². The molecule has 0 saturated carbocycles. The summed E-state index contributed by atoms with van der Waals surface area (Å²) >= 11 is 0. The second-order valence-corrected chi connectivity index (χ2v) is 11.2. The smallest absolute Gasteiger partial charge is 0.387 e. The van der Waals surface area contributed by atoms with E-state index in [0.29, 0.717) is 55.3 Å². The van der Waals surface area contributed by atoms with Crippen LogP contribution in [0.2, 0.25) is 0 Å². The van der Waals surface area contributed by atoms with Crippen LogP contribution in [0.3, 0.4) is 0 Å². The number of dihydropyridines is 1. The quantitative estimate of drug-likeness (QED) is 0.475.